The first kappa shape index (κ1) is 26.8. The van der Waals surface area contributed by atoms with Crippen LogP contribution in [0.2, 0.25) is 0 Å². The minimum Gasteiger partial charge on any atom is -0.285 e. The third-order valence-corrected chi connectivity index (χ3v) is 8.66. The minimum atomic E-state index is -4.36. The smallest absolute Gasteiger partial charge is 0.274 e. The van der Waals surface area contributed by atoms with Crippen molar-refractivity contribution in [3.05, 3.63) is 39.4 Å². The molecule has 0 fully saturated rings. The van der Waals surface area contributed by atoms with Crippen LogP contribution >= 0.6 is 0 Å². The number of benzene rings is 1. The van der Waals surface area contributed by atoms with Crippen LogP contribution in [0.3, 0.4) is 0 Å². The fourth-order valence-electron chi connectivity index (χ4n) is 5.16. The molecule has 1 aliphatic carbocycles. The summed E-state index contributed by atoms with van der Waals surface area (Å²) in [6.07, 6.45) is 17.9. The Morgan fingerprint density at radius 1 is 0.906 bits per heavy atom. The topological polar surface area (TPSA) is 97.5 Å². The lowest BCUT2D eigenvalue weighted by Gasteiger charge is -2.27. The second-order valence-electron chi connectivity index (χ2n) is 9.38. The summed E-state index contributed by atoms with van der Waals surface area (Å²) in [7, 11) is -4.36. The van der Waals surface area contributed by atoms with Crippen LogP contribution < -0.4 is 0 Å². The number of fused-ring (bicyclic) bond motifs is 1. The van der Waals surface area contributed by atoms with Gasteiger partial charge in [-0.3, -0.25) is 14.7 Å². The molecule has 0 saturated carbocycles. The maximum absolute atomic E-state index is 12.4. The number of nitro groups is 1. The molecule has 0 spiro atoms. The summed E-state index contributed by atoms with van der Waals surface area (Å²) in [5, 5.41) is 11.3. The number of nitro benzene ring substituents is 1. The molecule has 1 unspecified atom stereocenters. The third kappa shape index (κ3) is 7.27. The van der Waals surface area contributed by atoms with E-state index in [2.05, 4.69) is 6.92 Å². The van der Waals surface area contributed by atoms with E-state index in [9.17, 15) is 23.1 Å². The molecule has 32 heavy (non-hydrogen) atoms. The van der Waals surface area contributed by atoms with E-state index in [1.165, 1.54) is 76.3 Å². The van der Waals surface area contributed by atoms with E-state index in [4.69, 9.17) is 0 Å². The summed E-state index contributed by atoms with van der Waals surface area (Å²) in [6.45, 7) is 2.24. The first-order chi connectivity index (χ1) is 15.3. The highest BCUT2D eigenvalue weighted by molar-refractivity contribution is 7.86. The van der Waals surface area contributed by atoms with Crippen molar-refractivity contribution in [3.63, 3.8) is 0 Å². The Kier molecular flexibility index (Phi) is 11.1. The molecule has 1 N–H and O–H groups in total. The Morgan fingerprint density at radius 2 is 1.41 bits per heavy atom. The molecule has 6 nitrogen and oxygen atoms in total. The predicted octanol–water partition coefficient (Wildman–Crippen LogP) is 7.50. The first-order valence-corrected chi connectivity index (χ1v) is 14.0. The highest BCUT2D eigenvalue weighted by atomic mass is 32.2. The average Bonchev–Trinajstić information content (AvgIpc) is 3.14. The van der Waals surface area contributed by atoms with E-state index >= 15 is 0 Å². The molecular formula is C25H41NO5S. The monoisotopic (exact) mass is 467 g/mol. The zero-order chi connectivity index (χ0) is 23.5. The number of nitrogens with zero attached hydrogens (tertiary/aromatic N) is 1. The van der Waals surface area contributed by atoms with Crippen LogP contribution in [0.5, 0.6) is 0 Å². The summed E-state index contributed by atoms with van der Waals surface area (Å²) >= 11 is 0. The Balaban J connectivity index is 1.70. The van der Waals surface area contributed by atoms with Crippen molar-refractivity contribution in [2.24, 2.45) is 0 Å². The lowest BCUT2D eigenvalue weighted by molar-refractivity contribution is -0.385. The highest BCUT2D eigenvalue weighted by Crippen LogP contribution is 2.48. The zero-order valence-electron chi connectivity index (χ0n) is 19.7. The lowest BCUT2D eigenvalue weighted by atomic mass is 9.93. The predicted molar refractivity (Wildman–Crippen MR) is 130 cm³/mol. The standard InChI is InChI=1S/C25H41NO5S/c1-2-3-4-5-6-7-8-9-10-11-12-13-14-15-20-25(32(29,30)31)21-19-22-23(25)17-16-18-24(22)26(27)28/h16-18H,2-15,19-21H2,1H3,(H,29,30,31). The van der Waals surface area contributed by atoms with E-state index in [-0.39, 0.29) is 12.1 Å². The highest BCUT2D eigenvalue weighted by Gasteiger charge is 2.50. The molecule has 2 rings (SSSR count). The number of unbranched alkanes of at least 4 members (excludes halogenated alkanes) is 13. The van der Waals surface area contributed by atoms with Crippen LogP contribution in [0.15, 0.2) is 18.2 Å². The molecule has 1 aromatic carbocycles. The molecule has 0 bridgehead atoms. The van der Waals surface area contributed by atoms with Gasteiger partial charge < -0.3 is 0 Å². The fraction of sp³-hybridized carbons (Fsp3) is 0.760. The summed E-state index contributed by atoms with van der Waals surface area (Å²) in [5.74, 6) is 0. The summed E-state index contributed by atoms with van der Waals surface area (Å²) < 4.78 is 33.4. The average molecular weight is 468 g/mol. The molecule has 0 amide bonds. The number of hydrogen-bond acceptors (Lipinski definition) is 4. The summed E-state index contributed by atoms with van der Waals surface area (Å²) in [5.41, 5.74) is 0.832. The molecule has 0 aromatic heterocycles. The SMILES string of the molecule is CCCCCCCCCCCCCCCCC1(S(=O)(=O)O)CCc2c([N+](=O)[O-])cccc21. The molecule has 0 aliphatic heterocycles. The molecule has 0 saturated heterocycles. The van der Waals surface area contributed by atoms with Crippen molar-refractivity contribution >= 4 is 15.8 Å². The number of rotatable bonds is 17. The van der Waals surface area contributed by atoms with Gasteiger partial charge in [0.1, 0.15) is 4.75 Å². The normalized spacial score (nSPS) is 18.1. The van der Waals surface area contributed by atoms with E-state index in [1.54, 1.807) is 6.07 Å². The lowest BCUT2D eigenvalue weighted by Crippen LogP contribution is -2.33. The molecule has 0 radical (unpaired) electrons. The van der Waals surface area contributed by atoms with Crippen LogP contribution in [-0.4, -0.2) is 17.9 Å². The van der Waals surface area contributed by atoms with Crippen molar-refractivity contribution in [1.82, 2.24) is 0 Å². The van der Waals surface area contributed by atoms with Gasteiger partial charge in [0.05, 0.1) is 4.92 Å². The van der Waals surface area contributed by atoms with Gasteiger partial charge >= 0.3 is 0 Å². The van der Waals surface area contributed by atoms with Gasteiger partial charge in [-0.25, -0.2) is 0 Å². The Bertz CT molecular complexity index is 824. The van der Waals surface area contributed by atoms with E-state index < -0.39 is 19.8 Å². The largest absolute Gasteiger partial charge is 0.285 e. The van der Waals surface area contributed by atoms with E-state index in [1.807, 2.05) is 0 Å². The van der Waals surface area contributed by atoms with Gasteiger partial charge in [-0.05, 0) is 24.8 Å². The molecule has 1 atom stereocenters. The maximum atomic E-state index is 12.4. The minimum absolute atomic E-state index is 0.0472. The first-order valence-electron chi connectivity index (χ1n) is 12.6. The zero-order valence-corrected chi connectivity index (χ0v) is 20.5. The fourth-order valence-corrected chi connectivity index (χ4v) is 6.39. The molecule has 1 aliphatic rings. The summed E-state index contributed by atoms with van der Waals surface area (Å²) in [4.78, 5) is 10.8. The Labute approximate surface area is 194 Å². The van der Waals surface area contributed by atoms with Gasteiger partial charge in [-0.15, -0.1) is 0 Å². The van der Waals surface area contributed by atoms with Crippen LogP contribution in [0.1, 0.15) is 121 Å². The van der Waals surface area contributed by atoms with Gasteiger partial charge in [0.15, 0.2) is 0 Å². The van der Waals surface area contributed by atoms with Crippen LogP contribution in [0, 0.1) is 10.1 Å². The Hall–Kier alpha value is -1.47. The maximum Gasteiger partial charge on any atom is 0.274 e. The molecule has 182 valence electrons. The van der Waals surface area contributed by atoms with Crippen molar-refractivity contribution < 1.29 is 17.9 Å². The molecular weight excluding hydrogens is 426 g/mol. The van der Waals surface area contributed by atoms with Crippen molar-refractivity contribution in [2.75, 3.05) is 0 Å². The third-order valence-electron chi connectivity index (χ3n) is 7.05. The second kappa shape index (κ2) is 13.3. The molecule has 1 aromatic rings. The van der Waals surface area contributed by atoms with Crippen molar-refractivity contribution in [1.29, 1.82) is 0 Å². The van der Waals surface area contributed by atoms with Gasteiger partial charge in [0.25, 0.3) is 15.8 Å². The van der Waals surface area contributed by atoms with Crippen molar-refractivity contribution in [2.45, 2.75) is 121 Å². The summed E-state index contributed by atoms with van der Waals surface area (Å²) in [6, 6.07) is 4.56. The van der Waals surface area contributed by atoms with Crippen LogP contribution in [-0.2, 0) is 21.3 Å². The second-order valence-corrected chi connectivity index (χ2v) is 11.1. The molecule has 0 heterocycles. The van der Waals surface area contributed by atoms with Gasteiger partial charge in [-0.1, -0.05) is 109 Å². The number of hydrogen-bond donors (Lipinski definition) is 1. The van der Waals surface area contributed by atoms with Crippen LogP contribution in [0.25, 0.3) is 0 Å². The van der Waals surface area contributed by atoms with Gasteiger partial charge in [-0.2, -0.15) is 8.42 Å². The van der Waals surface area contributed by atoms with Gasteiger partial charge in [0.2, 0.25) is 0 Å². The Morgan fingerprint density at radius 3 is 1.88 bits per heavy atom. The van der Waals surface area contributed by atoms with E-state index in [0.29, 0.717) is 30.4 Å². The molecule has 7 heteroatoms. The van der Waals surface area contributed by atoms with E-state index in [0.717, 1.165) is 19.3 Å². The van der Waals surface area contributed by atoms with Gasteiger partial charge in [0, 0.05) is 11.6 Å². The van der Waals surface area contributed by atoms with Crippen LogP contribution in [0.4, 0.5) is 5.69 Å². The van der Waals surface area contributed by atoms with Crippen molar-refractivity contribution in [3.8, 4) is 0 Å². The quantitative estimate of drug-likeness (QED) is 0.111.